The van der Waals surface area contributed by atoms with Crippen LogP contribution in [0.5, 0.6) is 0 Å². The minimum absolute atomic E-state index is 0.0894. The van der Waals surface area contributed by atoms with E-state index < -0.39 is 52.9 Å². The number of hydrogen-bond donors (Lipinski definition) is 3. The minimum Gasteiger partial charge on any atom is -0.748 e. The molecule has 16 heteroatoms. The summed E-state index contributed by atoms with van der Waals surface area (Å²) in [5.41, 5.74) is 4.46. The molecule has 4 aromatic rings. The first-order valence-electron chi connectivity index (χ1n) is 19.2. The molecule has 0 spiro atoms. The Balaban J connectivity index is 1.36. The topological polar surface area (TPSA) is 209 Å². The van der Waals surface area contributed by atoms with Gasteiger partial charge in [-0.15, -0.1) is 0 Å². The fraction of sp³-hybridized carbons (Fsp3) is 0.349. The average molecular weight is 865 g/mol. The maximum absolute atomic E-state index is 11.9. The molecule has 314 valence electrons. The van der Waals surface area contributed by atoms with Crippen LogP contribution >= 0.6 is 0 Å². The number of anilines is 1. The van der Waals surface area contributed by atoms with Crippen molar-refractivity contribution < 1.29 is 53.4 Å². The summed E-state index contributed by atoms with van der Waals surface area (Å²) in [4.78, 5) is 12.8. The Kier molecular flexibility index (Phi) is 12.2. The molecule has 0 unspecified atom stereocenters. The molecule has 0 fully saturated rings. The van der Waals surface area contributed by atoms with E-state index in [2.05, 4.69) is 23.3 Å². The predicted octanol–water partition coefficient (Wildman–Crippen LogP) is 7.63. The Morgan fingerprint density at radius 1 is 0.729 bits per heavy atom. The van der Waals surface area contributed by atoms with Crippen LogP contribution in [0.2, 0.25) is 0 Å². The van der Waals surface area contributed by atoms with Crippen molar-refractivity contribution in [1.29, 1.82) is 0 Å². The van der Waals surface area contributed by atoms with Gasteiger partial charge in [-0.2, -0.15) is 21.4 Å². The van der Waals surface area contributed by atoms with Gasteiger partial charge in [0.25, 0.3) is 20.2 Å². The number of allylic oxidation sites excluding steroid dienone is 6. The average Bonchev–Trinajstić information content (AvgIpc) is 3.49. The second kappa shape index (κ2) is 16.4. The molecule has 13 nitrogen and oxygen atoms in total. The van der Waals surface area contributed by atoms with Gasteiger partial charge in [-0.05, 0) is 109 Å². The summed E-state index contributed by atoms with van der Waals surface area (Å²) in [5.74, 6) is -1.31. The first kappa shape index (κ1) is 43.9. The minimum atomic E-state index is -4.43. The van der Waals surface area contributed by atoms with Crippen LogP contribution in [-0.4, -0.2) is 79.1 Å². The quantitative estimate of drug-likeness (QED) is 0.0430. The number of nitrogens with zero attached hydrogens (tertiary/aromatic N) is 2. The molecule has 59 heavy (non-hydrogen) atoms. The molecular weight excluding hydrogens is 817 g/mol. The van der Waals surface area contributed by atoms with Gasteiger partial charge in [0.2, 0.25) is 5.69 Å². The van der Waals surface area contributed by atoms with Crippen molar-refractivity contribution in [2.45, 2.75) is 86.8 Å². The van der Waals surface area contributed by atoms with Gasteiger partial charge in [0, 0.05) is 59.6 Å². The number of carboxylic acid groups (broad SMARTS) is 1. The van der Waals surface area contributed by atoms with E-state index in [4.69, 9.17) is 5.11 Å². The molecule has 3 N–H and O–H groups in total. The van der Waals surface area contributed by atoms with Gasteiger partial charge in [-0.3, -0.25) is 13.9 Å². The summed E-state index contributed by atoms with van der Waals surface area (Å²) in [6.45, 7) is 9.31. The summed E-state index contributed by atoms with van der Waals surface area (Å²) in [5, 5.41) is 12.1. The van der Waals surface area contributed by atoms with E-state index in [1.54, 1.807) is 18.2 Å². The predicted molar refractivity (Wildman–Crippen MR) is 227 cm³/mol. The molecule has 2 aliphatic heterocycles. The highest BCUT2D eigenvalue weighted by atomic mass is 32.2. The van der Waals surface area contributed by atoms with Gasteiger partial charge in [-0.1, -0.05) is 50.3 Å². The van der Waals surface area contributed by atoms with Crippen molar-refractivity contribution in [2.75, 3.05) is 23.7 Å². The zero-order valence-electron chi connectivity index (χ0n) is 33.3. The van der Waals surface area contributed by atoms with E-state index in [9.17, 15) is 43.7 Å². The number of hydrogen-bond acceptors (Lipinski definition) is 9. The monoisotopic (exact) mass is 864 g/mol. The smallest absolute Gasteiger partial charge is 0.303 e. The highest BCUT2D eigenvalue weighted by Crippen LogP contribution is 2.51. The number of aliphatic carboxylic acids is 1. The number of carboxylic acids is 1. The lowest BCUT2D eigenvalue weighted by atomic mass is 9.79. The van der Waals surface area contributed by atoms with Crippen molar-refractivity contribution in [3.05, 3.63) is 108 Å². The number of carbonyl (C=O) groups is 1. The molecule has 0 saturated heterocycles. The van der Waals surface area contributed by atoms with E-state index in [-0.39, 0.29) is 22.6 Å². The van der Waals surface area contributed by atoms with E-state index in [1.165, 1.54) is 24.3 Å². The molecule has 0 radical (unpaired) electrons. The van der Waals surface area contributed by atoms with Crippen LogP contribution in [0.1, 0.15) is 77.3 Å². The van der Waals surface area contributed by atoms with Gasteiger partial charge < -0.3 is 14.6 Å². The van der Waals surface area contributed by atoms with Crippen molar-refractivity contribution in [3.63, 3.8) is 0 Å². The fourth-order valence-electron chi connectivity index (χ4n) is 8.58. The maximum Gasteiger partial charge on any atom is 0.303 e. The van der Waals surface area contributed by atoms with Gasteiger partial charge in [0.1, 0.15) is 6.54 Å². The van der Waals surface area contributed by atoms with Gasteiger partial charge in [-0.25, -0.2) is 8.42 Å². The molecule has 0 aromatic heterocycles. The summed E-state index contributed by atoms with van der Waals surface area (Å²) in [6.07, 6.45) is 12.4. The second-order valence-electron chi connectivity index (χ2n) is 16.0. The molecule has 4 aromatic carbocycles. The molecular formula is C43H48N2O11S3. The van der Waals surface area contributed by atoms with E-state index in [0.717, 1.165) is 51.1 Å². The Labute approximate surface area is 345 Å². The standard InChI is InChI=1S/C43H48N2O11S3/c1-42(2)37(44(24-10-6-9-15-39(46)47)35-22-16-29-27-31(58(51,52)53)18-20-33(29)40(35)42)13-7-5-8-14-38-43(3,4)41-34-21-19-32(59(54,55)56)28-30(34)17-23-36(41)45(38)25-11-12-26-57(48,49)50/h5,7-8,13-14,16-23,27-28H,6,9-12,15,24-26H2,1-4H3,(H3-,46,47,48,49,50,51,52,53,54,55,56). The van der Waals surface area contributed by atoms with Crippen molar-refractivity contribution in [1.82, 2.24) is 0 Å². The molecule has 0 saturated carbocycles. The zero-order valence-corrected chi connectivity index (χ0v) is 35.7. The Bertz CT molecular complexity index is 2820. The maximum atomic E-state index is 11.9. The van der Waals surface area contributed by atoms with Crippen molar-refractivity contribution in [2.24, 2.45) is 0 Å². The largest absolute Gasteiger partial charge is 0.748 e. The third kappa shape index (κ3) is 9.22. The zero-order chi connectivity index (χ0) is 43.1. The SMILES string of the molecule is CC1(C)C(=CC=CC=CC2=[N+](CCCCCC(=O)O)c3ccc4cc(S(=O)(=O)O)ccc4c3C2(C)C)N(CCCCS(=O)(=O)[O-])c2ccc3cc(S(=O)(=O)O)ccc3c21. The lowest BCUT2D eigenvalue weighted by Crippen LogP contribution is -2.28. The van der Waals surface area contributed by atoms with Crippen LogP contribution in [-0.2, 0) is 46.0 Å². The molecule has 0 atom stereocenters. The molecule has 6 rings (SSSR count). The van der Waals surface area contributed by atoms with E-state index in [0.29, 0.717) is 43.1 Å². The fourth-order valence-corrected chi connectivity index (χ4v) is 10.2. The van der Waals surface area contributed by atoms with Gasteiger partial charge in [0.05, 0.1) is 25.3 Å². The van der Waals surface area contributed by atoms with Crippen LogP contribution in [0.15, 0.2) is 107 Å². The highest BCUT2D eigenvalue weighted by molar-refractivity contribution is 7.86. The molecule has 0 aliphatic carbocycles. The third-order valence-corrected chi connectivity index (χ3v) is 13.7. The van der Waals surface area contributed by atoms with Crippen LogP contribution in [0, 0.1) is 0 Å². The molecule has 2 aliphatic rings. The third-order valence-electron chi connectivity index (χ3n) is 11.3. The number of rotatable bonds is 16. The van der Waals surface area contributed by atoms with Crippen molar-refractivity contribution in [3.8, 4) is 0 Å². The van der Waals surface area contributed by atoms with Crippen LogP contribution in [0.3, 0.4) is 0 Å². The lowest BCUT2D eigenvalue weighted by molar-refractivity contribution is -0.438. The summed E-state index contributed by atoms with van der Waals surface area (Å²) in [6, 6.07) is 16.5. The summed E-state index contributed by atoms with van der Waals surface area (Å²) >= 11 is 0. The van der Waals surface area contributed by atoms with E-state index in [1.807, 2.05) is 62.4 Å². The second-order valence-corrected chi connectivity index (χ2v) is 20.4. The van der Waals surface area contributed by atoms with Gasteiger partial charge in [0.15, 0.2) is 5.71 Å². The lowest BCUT2D eigenvalue weighted by Gasteiger charge is -2.27. The van der Waals surface area contributed by atoms with Crippen LogP contribution in [0.25, 0.3) is 21.5 Å². The molecule has 0 bridgehead atoms. The Morgan fingerprint density at radius 3 is 1.93 bits per heavy atom. The molecule has 2 heterocycles. The highest BCUT2D eigenvalue weighted by Gasteiger charge is 2.45. The number of unbranched alkanes of at least 4 members (excludes halogenated alkanes) is 3. The number of fused-ring (bicyclic) bond motifs is 6. The Morgan fingerprint density at radius 2 is 1.34 bits per heavy atom. The Hall–Kier alpha value is -4.71. The summed E-state index contributed by atoms with van der Waals surface area (Å²) < 4.78 is 103. The van der Waals surface area contributed by atoms with Crippen LogP contribution in [0.4, 0.5) is 11.4 Å². The first-order chi connectivity index (χ1) is 27.5. The van der Waals surface area contributed by atoms with Gasteiger partial charge >= 0.3 is 5.97 Å². The van der Waals surface area contributed by atoms with E-state index >= 15 is 0 Å². The summed E-state index contributed by atoms with van der Waals surface area (Å²) in [7, 11) is -13.2. The van der Waals surface area contributed by atoms with Crippen LogP contribution < -0.4 is 4.90 Å². The normalized spacial score (nSPS) is 17.3. The van der Waals surface area contributed by atoms with Crippen molar-refractivity contribution >= 4 is 75.0 Å². The number of benzene rings is 4. The first-order valence-corrected chi connectivity index (χ1v) is 23.7. The molecule has 0 amide bonds.